The topological polar surface area (TPSA) is 44.7 Å². The fourth-order valence-corrected chi connectivity index (χ4v) is 3.12. The molecule has 0 aromatic carbocycles. The molecule has 2 unspecified atom stereocenters. The van der Waals surface area contributed by atoms with Gasteiger partial charge in [0.2, 0.25) is 0 Å². The van der Waals surface area contributed by atoms with E-state index in [0.717, 1.165) is 39.2 Å². The molecule has 0 radical (unpaired) electrons. The number of aliphatic hydroxyl groups excluding tert-OH is 1. The van der Waals surface area contributed by atoms with Crippen molar-refractivity contribution in [3.8, 4) is 0 Å². The van der Waals surface area contributed by atoms with Gasteiger partial charge in [-0.1, -0.05) is 13.8 Å². The van der Waals surface area contributed by atoms with Gasteiger partial charge in [0.05, 0.1) is 24.9 Å². The van der Waals surface area contributed by atoms with Crippen LogP contribution >= 0.6 is 0 Å². The molecule has 2 N–H and O–H groups in total. The van der Waals surface area contributed by atoms with E-state index in [-0.39, 0.29) is 12.1 Å². The van der Waals surface area contributed by atoms with E-state index in [0.29, 0.717) is 12.0 Å². The average molecular weight is 256 g/mol. The van der Waals surface area contributed by atoms with Gasteiger partial charge in [-0.05, 0) is 31.7 Å². The fraction of sp³-hybridized carbons (Fsp3) is 1.00. The molecule has 1 aliphatic carbocycles. The van der Waals surface area contributed by atoms with Crippen LogP contribution in [0.1, 0.15) is 33.1 Å². The second-order valence-electron chi connectivity index (χ2n) is 5.76. The number of hydrogen-bond donors (Lipinski definition) is 2. The summed E-state index contributed by atoms with van der Waals surface area (Å²) in [7, 11) is 0. The average Bonchev–Trinajstić information content (AvgIpc) is 3.23. The lowest BCUT2D eigenvalue weighted by Gasteiger charge is -2.41. The quantitative estimate of drug-likeness (QED) is 0.709. The van der Waals surface area contributed by atoms with Crippen LogP contribution < -0.4 is 5.32 Å². The largest absolute Gasteiger partial charge is 0.394 e. The van der Waals surface area contributed by atoms with Gasteiger partial charge in [-0.2, -0.15) is 0 Å². The Morgan fingerprint density at radius 3 is 2.72 bits per heavy atom. The summed E-state index contributed by atoms with van der Waals surface area (Å²) in [4.78, 5) is 2.47. The first-order chi connectivity index (χ1) is 8.74. The van der Waals surface area contributed by atoms with Crippen LogP contribution in [0.25, 0.3) is 0 Å². The molecule has 1 saturated heterocycles. The maximum Gasteiger partial charge on any atom is 0.0700 e. The van der Waals surface area contributed by atoms with Gasteiger partial charge in [0, 0.05) is 19.6 Å². The predicted molar refractivity (Wildman–Crippen MR) is 72.7 cm³/mol. The Hall–Kier alpha value is -0.160. The Morgan fingerprint density at radius 1 is 1.39 bits per heavy atom. The molecule has 0 aromatic rings. The molecule has 18 heavy (non-hydrogen) atoms. The lowest BCUT2D eigenvalue weighted by molar-refractivity contribution is -0.0438. The van der Waals surface area contributed by atoms with E-state index in [2.05, 4.69) is 24.1 Å². The summed E-state index contributed by atoms with van der Waals surface area (Å²) in [6, 6.07) is 0. The van der Waals surface area contributed by atoms with E-state index in [1.807, 2.05) is 0 Å². The molecule has 1 aliphatic heterocycles. The van der Waals surface area contributed by atoms with Gasteiger partial charge in [-0.15, -0.1) is 0 Å². The maximum absolute atomic E-state index is 9.85. The van der Waals surface area contributed by atoms with E-state index in [4.69, 9.17) is 4.74 Å². The summed E-state index contributed by atoms with van der Waals surface area (Å²) >= 11 is 0. The summed E-state index contributed by atoms with van der Waals surface area (Å²) in [5, 5.41) is 13.4. The van der Waals surface area contributed by atoms with Crippen molar-refractivity contribution in [1.82, 2.24) is 10.2 Å². The smallest absolute Gasteiger partial charge is 0.0700 e. The number of morpholine rings is 1. The lowest BCUT2D eigenvalue weighted by atomic mass is 9.92. The molecular weight excluding hydrogens is 228 g/mol. The van der Waals surface area contributed by atoms with Gasteiger partial charge in [-0.3, -0.25) is 4.90 Å². The summed E-state index contributed by atoms with van der Waals surface area (Å²) < 4.78 is 5.72. The molecule has 0 bridgehead atoms. The summed E-state index contributed by atoms with van der Waals surface area (Å²) in [5.74, 6) is 0.658. The third kappa shape index (κ3) is 3.23. The SMILES string of the molecule is CCNC(CO)(CN1CCOC(CC)C1)C1CC1. The Labute approximate surface area is 111 Å². The van der Waals surface area contributed by atoms with Gasteiger partial charge in [0.1, 0.15) is 0 Å². The number of likely N-dealkylation sites (N-methyl/N-ethyl adjacent to an activating group) is 1. The number of aliphatic hydroxyl groups is 1. The molecule has 1 heterocycles. The molecule has 0 amide bonds. The molecule has 4 nitrogen and oxygen atoms in total. The minimum absolute atomic E-state index is 0.0790. The lowest BCUT2D eigenvalue weighted by Crippen LogP contribution is -2.60. The van der Waals surface area contributed by atoms with Gasteiger partial charge >= 0.3 is 0 Å². The number of rotatable bonds is 7. The molecular formula is C14H28N2O2. The van der Waals surface area contributed by atoms with Gasteiger partial charge < -0.3 is 15.2 Å². The molecule has 1 saturated carbocycles. The van der Waals surface area contributed by atoms with Crippen LogP contribution in [0.2, 0.25) is 0 Å². The van der Waals surface area contributed by atoms with Crippen LogP contribution in [-0.2, 0) is 4.74 Å². The predicted octanol–water partition coefficient (Wildman–Crippen LogP) is 0.848. The van der Waals surface area contributed by atoms with Crippen LogP contribution in [-0.4, -0.2) is 61.0 Å². The first-order valence-electron chi connectivity index (χ1n) is 7.44. The van der Waals surface area contributed by atoms with Crippen molar-refractivity contribution in [3.05, 3.63) is 0 Å². The van der Waals surface area contributed by atoms with Crippen molar-refractivity contribution in [2.45, 2.75) is 44.8 Å². The van der Waals surface area contributed by atoms with Gasteiger partial charge in [0.25, 0.3) is 0 Å². The zero-order chi connectivity index (χ0) is 13.0. The molecule has 2 fully saturated rings. The molecule has 2 aliphatic rings. The van der Waals surface area contributed by atoms with Crippen LogP contribution in [0.15, 0.2) is 0 Å². The number of ether oxygens (including phenoxy) is 1. The molecule has 106 valence electrons. The third-order valence-corrected chi connectivity index (χ3v) is 4.35. The van der Waals surface area contributed by atoms with Crippen LogP contribution in [0.5, 0.6) is 0 Å². The normalized spacial score (nSPS) is 29.2. The maximum atomic E-state index is 9.85. The van der Waals surface area contributed by atoms with Gasteiger partial charge in [0.15, 0.2) is 0 Å². The van der Waals surface area contributed by atoms with E-state index in [1.165, 1.54) is 12.8 Å². The highest BCUT2D eigenvalue weighted by Crippen LogP contribution is 2.40. The molecule has 4 heteroatoms. The first-order valence-corrected chi connectivity index (χ1v) is 7.44. The second kappa shape index (κ2) is 6.33. The summed E-state index contributed by atoms with van der Waals surface area (Å²) in [5.41, 5.74) is -0.0790. The van der Waals surface area contributed by atoms with Gasteiger partial charge in [-0.25, -0.2) is 0 Å². The van der Waals surface area contributed by atoms with Crippen molar-refractivity contribution >= 4 is 0 Å². The van der Waals surface area contributed by atoms with Crippen molar-refractivity contribution in [3.63, 3.8) is 0 Å². The van der Waals surface area contributed by atoms with E-state index in [1.54, 1.807) is 0 Å². The standard InChI is InChI=1S/C14H28N2O2/c1-3-13-9-16(7-8-18-13)10-14(11-17,15-4-2)12-5-6-12/h12-13,15,17H,3-11H2,1-2H3. The molecule has 0 aromatic heterocycles. The van der Waals surface area contributed by atoms with Crippen LogP contribution in [0.4, 0.5) is 0 Å². The van der Waals surface area contributed by atoms with Crippen molar-refractivity contribution in [2.24, 2.45) is 5.92 Å². The Morgan fingerprint density at radius 2 is 2.17 bits per heavy atom. The molecule has 0 spiro atoms. The van der Waals surface area contributed by atoms with Crippen molar-refractivity contribution in [1.29, 1.82) is 0 Å². The Kier molecular flexibility index (Phi) is 5.01. The zero-order valence-electron chi connectivity index (χ0n) is 11.8. The Balaban J connectivity index is 1.95. The van der Waals surface area contributed by atoms with E-state index < -0.39 is 0 Å². The fourth-order valence-electron chi connectivity index (χ4n) is 3.12. The van der Waals surface area contributed by atoms with E-state index in [9.17, 15) is 5.11 Å². The second-order valence-corrected chi connectivity index (χ2v) is 5.76. The van der Waals surface area contributed by atoms with Crippen molar-refractivity contribution in [2.75, 3.05) is 39.4 Å². The minimum atomic E-state index is -0.0790. The Bertz CT molecular complexity index is 258. The monoisotopic (exact) mass is 256 g/mol. The minimum Gasteiger partial charge on any atom is -0.394 e. The summed E-state index contributed by atoms with van der Waals surface area (Å²) in [6.45, 7) is 9.28. The molecule has 2 atom stereocenters. The van der Waals surface area contributed by atoms with Crippen LogP contribution in [0.3, 0.4) is 0 Å². The van der Waals surface area contributed by atoms with Crippen molar-refractivity contribution < 1.29 is 9.84 Å². The third-order valence-electron chi connectivity index (χ3n) is 4.35. The summed E-state index contributed by atoms with van der Waals surface area (Å²) in [6.07, 6.45) is 3.97. The highest BCUT2D eigenvalue weighted by molar-refractivity contribution is 5.03. The highest BCUT2D eigenvalue weighted by atomic mass is 16.5. The van der Waals surface area contributed by atoms with E-state index >= 15 is 0 Å². The highest BCUT2D eigenvalue weighted by Gasteiger charge is 2.45. The number of hydrogen-bond acceptors (Lipinski definition) is 4. The van der Waals surface area contributed by atoms with Crippen LogP contribution in [0, 0.1) is 5.92 Å². The number of nitrogens with one attached hydrogen (secondary N) is 1. The zero-order valence-corrected chi connectivity index (χ0v) is 11.8. The molecule has 2 rings (SSSR count). The first kappa shape index (κ1) is 14.3. The number of nitrogens with zero attached hydrogens (tertiary/aromatic N) is 1.